The average Bonchev–Trinajstić information content (AvgIpc) is 3.45. The van der Waals surface area contributed by atoms with E-state index in [2.05, 4.69) is 20.4 Å². The van der Waals surface area contributed by atoms with Crippen molar-refractivity contribution in [2.45, 2.75) is 31.1 Å². The van der Waals surface area contributed by atoms with E-state index in [1.807, 2.05) is 34.9 Å². The van der Waals surface area contributed by atoms with Crippen LogP contribution in [-0.2, 0) is 17.9 Å². The van der Waals surface area contributed by atoms with Crippen LogP contribution in [0.4, 0.5) is 15.8 Å². The smallest absolute Gasteiger partial charge is 0.271 e. The SMILES string of the molecule is O=C(CSc1nnc(CN2CCCC2)n1Cc1ccccc1)Nc1cc([N+](=O)[O-])ccc1F. The number of nitrogens with one attached hydrogen (secondary N) is 1. The summed E-state index contributed by atoms with van der Waals surface area (Å²) in [7, 11) is 0. The van der Waals surface area contributed by atoms with Crippen molar-refractivity contribution in [3.8, 4) is 0 Å². The molecule has 1 aliphatic heterocycles. The Bertz CT molecular complexity index is 1130. The first-order chi connectivity index (χ1) is 16.0. The molecule has 0 radical (unpaired) electrons. The number of aromatic nitrogens is 3. The number of non-ortho nitro benzene ring substituents is 1. The maximum absolute atomic E-state index is 14.0. The van der Waals surface area contributed by atoms with Gasteiger partial charge in [0.15, 0.2) is 5.16 Å². The minimum absolute atomic E-state index is 0.0429. The van der Waals surface area contributed by atoms with E-state index in [1.165, 1.54) is 24.6 Å². The number of halogens is 1. The minimum atomic E-state index is -0.737. The molecular formula is C22H23FN6O3S. The van der Waals surface area contributed by atoms with E-state index in [0.29, 0.717) is 18.2 Å². The van der Waals surface area contributed by atoms with Crippen LogP contribution in [0.1, 0.15) is 24.2 Å². The van der Waals surface area contributed by atoms with Gasteiger partial charge in [-0.15, -0.1) is 10.2 Å². The molecule has 3 aromatic rings. The summed E-state index contributed by atoms with van der Waals surface area (Å²) in [6.45, 7) is 3.31. The molecule has 1 saturated heterocycles. The summed E-state index contributed by atoms with van der Waals surface area (Å²) in [5.41, 5.74) is 0.564. The molecule has 1 amide bonds. The number of likely N-dealkylation sites (tertiary alicyclic amines) is 1. The van der Waals surface area contributed by atoms with Gasteiger partial charge in [0.05, 0.1) is 29.5 Å². The van der Waals surface area contributed by atoms with Crippen LogP contribution in [0.5, 0.6) is 0 Å². The van der Waals surface area contributed by atoms with Crippen LogP contribution in [0.3, 0.4) is 0 Å². The molecule has 11 heteroatoms. The highest BCUT2D eigenvalue weighted by Gasteiger charge is 2.20. The van der Waals surface area contributed by atoms with Gasteiger partial charge < -0.3 is 9.88 Å². The second kappa shape index (κ2) is 10.5. The first-order valence-electron chi connectivity index (χ1n) is 10.5. The molecule has 1 aromatic heterocycles. The number of thioether (sulfide) groups is 1. The second-order valence-electron chi connectivity index (χ2n) is 7.71. The van der Waals surface area contributed by atoms with Crippen molar-refractivity contribution in [1.82, 2.24) is 19.7 Å². The van der Waals surface area contributed by atoms with Crippen LogP contribution in [-0.4, -0.2) is 49.3 Å². The maximum Gasteiger partial charge on any atom is 0.271 e. The zero-order valence-corrected chi connectivity index (χ0v) is 18.6. The Labute approximate surface area is 194 Å². The van der Waals surface area contributed by atoms with Crippen molar-refractivity contribution in [2.24, 2.45) is 0 Å². The molecule has 0 bridgehead atoms. The zero-order chi connectivity index (χ0) is 23.2. The molecule has 0 aliphatic carbocycles. The van der Waals surface area contributed by atoms with Gasteiger partial charge in [0.25, 0.3) is 5.69 Å². The Morgan fingerprint density at radius 3 is 2.61 bits per heavy atom. The van der Waals surface area contributed by atoms with E-state index in [0.717, 1.165) is 42.7 Å². The van der Waals surface area contributed by atoms with Crippen LogP contribution in [0.15, 0.2) is 53.7 Å². The number of nitro benzene ring substituents is 1. The normalized spacial score (nSPS) is 13.8. The first-order valence-corrected chi connectivity index (χ1v) is 11.5. The van der Waals surface area contributed by atoms with Gasteiger partial charge in [0.2, 0.25) is 5.91 Å². The van der Waals surface area contributed by atoms with Crippen LogP contribution in [0.25, 0.3) is 0 Å². The largest absolute Gasteiger partial charge is 0.323 e. The number of nitrogens with zero attached hydrogens (tertiary/aromatic N) is 5. The Balaban J connectivity index is 1.46. The number of rotatable bonds is 9. The molecule has 1 fully saturated rings. The minimum Gasteiger partial charge on any atom is -0.323 e. The Kier molecular flexibility index (Phi) is 7.30. The van der Waals surface area contributed by atoms with E-state index in [4.69, 9.17) is 0 Å². The molecule has 2 heterocycles. The summed E-state index contributed by atoms with van der Waals surface area (Å²) < 4.78 is 16.0. The van der Waals surface area contributed by atoms with Gasteiger partial charge >= 0.3 is 0 Å². The monoisotopic (exact) mass is 470 g/mol. The Hall–Kier alpha value is -3.31. The maximum atomic E-state index is 14.0. The molecule has 33 heavy (non-hydrogen) atoms. The highest BCUT2D eigenvalue weighted by Crippen LogP contribution is 2.24. The van der Waals surface area contributed by atoms with E-state index in [-0.39, 0.29) is 17.1 Å². The number of amides is 1. The van der Waals surface area contributed by atoms with Crippen molar-refractivity contribution in [3.05, 3.63) is 75.9 Å². The summed E-state index contributed by atoms with van der Waals surface area (Å²) in [5.74, 6) is -0.444. The lowest BCUT2D eigenvalue weighted by atomic mass is 10.2. The highest BCUT2D eigenvalue weighted by atomic mass is 32.2. The third-order valence-corrected chi connectivity index (χ3v) is 6.27. The van der Waals surface area contributed by atoms with Crippen LogP contribution >= 0.6 is 11.8 Å². The van der Waals surface area contributed by atoms with Crippen LogP contribution in [0.2, 0.25) is 0 Å². The van der Waals surface area contributed by atoms with Crippen molar-refractivity contribution >= 4 is 29.0 Å². The average molecular weight is 471 g/mol. The summed E-state index contributed by atoms with van der Waals surface area (Å²) in [6, 6.07) is 12.9. The number of carbonyl (C=O) groups is 1. The van der Waals surface area contributed by atoms with Gasteiger partial charge in [-0.1, -0.05) is 42.1 Å². The number of nitro groups is 1. The van der Waals surface area contributed by atoms with Gasteiger partial charge in [-0.25, -0.2) is 4.39 Å². The van der Waals surface area contributed by atoms with Crippen molar-refractivity contribution in [2.75, 3.05) is 24.2 Å². The third kappa shape index (κ3) is 5.93. The number of hydrogen-bond acceptors (Lipinski definition) is 7. The quantitative estimate of drug-likeness (QED) is 0.289. The molecule has 0 saturated carbocycles. The second-order valence-corrected chi connectivity index (χ2v) is 8.65. The molecule has 0 unspecified atom stereocenters. The van der Waals surface area contributed by atoms with E-state index < -0.39 is 16.6 Å². The molecule has 0 atom stereocenters. The molecule has 172 valence electrons. The van der Waals surface area contributed by atoms with E-state index >= 15 is 0 Å². The molecule has 1 N–H and O–H groups in total. The number of benzene rings is 2. The van der Waals surface area contributed by atoms with Gasteiger partial charge in [-0.3, -0.25) is 19.8 Å². The van der Waals surface area contributed by atoms with Gasteiger partial charge in [-0.2, -0.15) is 0 Å². The third-order valence-electron chi connectivity index (χ3n) is 5.31. The first kappa shape index (κ1) is 22.9. The van der Waals surface area contributed by atoms with E-state index in [9.17, 15) is 19.3 Å². The van der Waals surface area contributed by atoms with Crippen LogP contribution in [0, 0.1) is 15.9 Å². The lowest BCUT2D eigenvalue weighted by molar-refractivity contribution is -0.384. The number of anilines is 1. The number of hydrogen-bond donors (Lipinski definition) is 1. The summed E-state index contributed by atoms with van der Waals surface area (Å²) >= 11 is 1.19. The fraction of sp³-hybridized carbons (Fsp3) is 0.318. The fourth-order valence-corrected chi connectivity index (χ4v) is 4.40. The Morgan fingerprint density at radius 2 is 1.88 bits per heavy atom. The summed E-state index contributed by atoms with van der Waals surface area (Å²) in [6.07, 6.45) is 2.34. The zero-order valence-electron chi connectivity index (χ0n) is 17.8. The van der Waals surface area contributed by atoms with Gasteiger partial charge in [0.1, 0.15) is 11.6 Å². The molecule has 9 nitrogen and oxygen atoms in total. The van der Waals surface area contributed by atoms with Crippen LogP contribution < -0.4 is 5.32 Å². The molecular weight excluding hydrogens is 447 g/mol. The Morgan fingerprint density at radius 1 is 1.12 bits per heavy atom. The lowest BCUT2D eigenvalue weighted by Crippen LogP contribution is -2.22. The molecule has 2 aromatic carbocycles. The molecule has 4 rings (SSSR count). The standard InChI is InChI=1S/C22H23FN6O3S/c23-18-9-8-17(29(31)32)12-19(18)24-21(30)15-33-22-26-25-20(14-27-10-4-5-11-27)28(22)13-16-6-2-1-3-7-16/h1-3,6-9,12H,4-5,10-11,13-15H2,(H,24,30). The van der Waals surface area contributed by atoms with Gasteiger partial charge in [0, 0.05) is 12.1 Å². The molecule has 0 spiro atoms. The molecule has 1 aliphatic rings. The topological polar surface area (TPSA) is 106 Å². The lowest BCUT2D eigenvalue weighted by Gasteiger charge is -2.16. The summed E-state index contributed by atoms with van der Waals surface area (Å²) in [5, 5.41) is 22.6. The summed E-state index contributed by atoms with van der Waals surface area (Å²) in [4.78, 5) is 25.0. The highest BCUT2D eigenvalue weighted by molar-refractivity contribution is 7.99. The number of carbonyl (C=O) groups excluding carboxylic acids is 1. The van der Waals surface area contributed by atoms with Crippen molar-refractivity contribution in [1.29, 1.82) is 0 Å². The van der Waals surface area contributed by atoms with Crippen molar-refractivity contribution in [3.63, 3.8) is 0 Å². The van der Waals surface area contributed by atoms with E-state index in [1.54, 1.807) is 0 Å². The van der Waals surface area contributed by atoms with Gasteiger partial charge in [-0.05, 0) is 37.6 Å². The van der Waals surface area contributed by atoms with Crippen molar-refractivity contribution < 1.29 is 14.1 Å². The predicted molar refractivity (Wildman–Crippen MR) is 122 cm³/mol. The fourth-order valence-electron chi connectivity index (χ4n) is 3.65. The predicted octanol–water partition coefficient (Wildman–Crippen LogP) is 3.70.